The first-order valence-corrected chi connectivity index (χ1v) is 9.27. The third kappa shape index (κ3) is 2.95. The minimum atomic E-state index is -0.680. The number of carbonyl (C=O) groups is 3. The van der Waals surface area contributed by atoms with E-state index >= 15 is 0 Å². The van der Waals surface area contributed by atoms with Crippen molar-refractivity contribution in [1.82, 2.24) is 15.1 Å². The summed E-state index contributed by atoms with van der Waals surface area (Å²) in [5, 5.41) is 2.88. The van der Waals surface area contributed by atoms with Gasteiger partial charge in [0.2, 0.25) is 5.91 Å². The van der Waals surface area contributed by atoms with Gasteiger partial charge in [0.15, 0.2) is 0 Å². The number of hydrogen-bond donors (Lipinski definition) is 1. The van der Waals surface area contributed by atoms with Gasteiger partial charge in [0.1, 0.15) is 5.54 Å². The van der Waals surface area contributed by atoms with Gasteiger partial charge in [-0.2, -0.15) is 11.8 Å². The first-order valence-electron chi connectivity index (χ1n) is 8.12. The van der Waals surface area contributed by atoms with E-state index in [0.29, 0.717) is 0 Å². The Labute approximate surface area is 135 Å². The molecular weight excluding hydrogens is 302 g/mol. The minimum Gasteiger partial charge on any atom is -0.341 e. The molecule has 1 N–H and O–H groups in total. The molecule has 3 fully saturated rings. The van der Waals surface area contributed by atoms with Crippen molar-refractivity contribution >= 4 is 29.6 Å². The molecule has 2 heterocycles. The van der Waals surface area contributed by atoms with Crippen LogP contribution in [0, 0.1) is 0 Å². The molecular formula is C15H23N3O3S. The van der Waals surface area contributed by atoms with Crippen LogP contribution in [0.15, 0.2) is 0 Å². The van der Waals surface area contributed by atoms with Crippen molar-refractivity contribution in [2.45, 2.75) is 44.1 Å². The quantitative estimate of drug-likeness (QED) is 0.792. The molecule has 2 saturated heterocycles. The summed E-state index contributed by atoms with van der Waals surface area (Å²) in [5.74, 6) is 1.86. The molecule has 0 radical (unpaired) electrons. The van der Waals surface area contributed by atoms with Crippen molar-refractivity contribution in [3.63, 3.8) is 0 Å². The largest absolute Gasteiger partial charge is 0.341 e. The molecule has 6 nitrogen and oxygen atoms in total. The van der Waals surface area contributed by atoms with Crippen LogP contribution in [0.4, 0.5) is 4.79 Å². The topological polar surface area (TPSA) is 69.7 Å². The van der Waals surface area contributed by atoms with Crippen LogP contribution in [0.1, 0.15) is 38.5 Å². The monoisotopic (exact) mass is 325 g/mol. The molecule has 0 aromatic carbocycles. The van der Waals surface area contributed by atoms with Crippen LogP contribution in [-0.2, 0) is 9.59 Å². The fourth-order valence-electron chi connectivity index (χ4n) is 3.55. The van der Waals surface area contributed by atoms with Gasteiger partial charge < -0.3 is 10.2 Å². The lowest BCUT2D eigenvalue weighted by atomic mass is 9.82. The molecule has 0 aromatic heterocycles. The Morgan fingerprint density at radius 3 is 2.50 bits per heavy atom. The molecule has 3 aliphatic rings. The number of urea groups is 1. The standard InChI is InChI=1S/C15H23N3O3S/c19-12(17-8-10-22-11-9-17)4-7-18-13(20)15(16-14(18)21)5-2-1-3-6-15/h1-11H2,(H,16,21). The zero-order valence-corrected chi connectivity index (χ0v) is 13.6. The molecule has 1 spiro atoms. The van der Waals surface area contributed by atoms with E-state index in [1.807, 2.05) is 16.7 Å². The van der Waals surface area contributed by atoms with Crippen LogP contribution in [0.2, 0.25) is 0 Å². The van der Waals surface area contributed by atoms with E-state index in [4.69, 9.17) is 0 Å². The Balaban J connectivity index is 1.57. The van der Waals surface area contributed by atoms with E-state index in [-0.39, 0.29) is 30.8 Å². The predicted octanol–water partition coefficient (Wildman–Crippen LogP) is 1.21. The lowest BCUT2D eigenvalue weighted by Gasteiger charge is -2.30. The van der Waals surface area contributed by atoms with Gasteiger partial charge in [-0.3, -0.25) is 14.5 Å². The molecule has 0 bridgehead atoms. The van der Waals surface area contributed by atoms with Crippen molar-refractivity contribution in [2.24, 2.45) is 0 Å². The zero-order chi connectivity index (χ0) is 15.6. The molecule has 1 aliphatic carbocycles. The highest BCUT2D eigenvalue weighted by atomic mass is 32.2. The van der Waals surface area contributed by atoms with Crippen LogP contribution in [0.5, 0.6) is 0 Å². The van der Waals surface area contributed by atoms with Crippen LogP contribution >= 0.6 is 11.8 Å². The van der Waals surface area contributed by atoms with Gasteiger partial charge in [-0.1, -0.05) is 19.3 Å². The van der Waals surface area contributed by atoms with Crippen molar-refractivity contribution in [3.8, 4) is 0 Å². The van der Waals surface area contributed by atoms with Crippen molar-refractivity contribution < 1.29 is 14.4 Å². The zero-order valence-electron chi connectivity index (χ0n) is 12.8. The summed E-state index contributed by atoms with van der Waals surface area (Å²) >= 11 is 1.85. The van der Waals surface area contributed by atoms with E-state index in [1.54, 1.807) is 0 Å². The van der Waals surface area contributed by atoms with E-state index in [0.717, 1.165) is 56.7 Å². The molecule has 4 amide bonds. The van der Waals surface area contributed by atoms with E-state index in [2.05, 4.69) is 5.32 Å². The molecule has 2 aliphatic heterocycles. The highest BCUT2D eigenvalue weighted by molar-refractivity contribution is 7.99. The van der Waals surface area contributed by atoms with Gasteiger partial charge in [0.25, 0.3) is 5.91 Å². The second-order valence-corrected chi connectivity index (χ2v) is 7.50. The minimum absolute atomic E-state index is 0.0468. The number of amides is 4. The summed E-state index contributed by atoms with van der Waals surface area (Å²) in [4.78, 5) is 40.0. The van der Waals surface area contributed by atoms with Crippen molar-refractivity contribution in [3.05, 3.63) is 0 Å². The molecule has 1 saturated carbocycles. The van der Waals surface area contributed by atoms with Gasteiger partial charge in [-0.15, -0.1) is 0 Å². The fourth-order valence-corrected chi connectivity index (χ4v) is 4.45. The SMILES string of the molecule is O=C(CCN1C(=O)NC2(CCCCC2)C1=O)N1CCSCC1. The second kappa shape index (κ2) is 6.48. The number of carbonyl (C=O) groups excluding carboxylic acids is 3. The van der Waals surface area contributed by atoms with E-state index in [1.165, 1.54) is 4.90 Å². The maximum absolute atomic E-state index is 12.6. The number of nitrogens with zero attached hydrogens (tertiary/aromatic N) is 2. The Kier molecular flexibility index (Phi) is 4.61. The third-order valence-corrected chi connectivity index (χ3v) is 5.81. The number of nitrogens with one attached hydrogen (secondary N) is 1. The lowest BCUT2D eigenvalue weighted by Crippen LogP contribution is -2.48. The average Bonchev–Trinajstić information content (AvgIpc) is 2.77. The van der Waals surface area contributed by atoms with E-state index in [9.17, 15) is 14.4 Å². The highest BCUT2D eigenvalue weighted by Crippen LogP contribution is 2.33. The Bertz CT molecular complexity index is 471. The van der Waals surface area contributed by atoms with Crippen LogP contribution in [-0.4, -0.2) is 64.3 Å². The molecule has 0 aromatic rings. The third-order valence-electron chi connectivity index (χ3n) is 4.87. The van der Waals surface area contributed by atoms with Gasteiger partial charge in [0, 0.05) is 37.6 Å². The molecule has 0 unspecified atom stereocenters. The number of imide groups is 1. The predicted molar refractivity (Wildman–Crippen MR) is 84.6 cm³/mol. The molecule has 122 valence electrons. The van der Waals surface area contributed by atoms with E-state index < -0.39 is 5.54 Å². The Morgan fingerprint density at radius 2 is 1.82 bits per heavy atom. The van der Waals surface area contributed by atoms with Gasteiger partial charge >= 0.3 is 6.03 Å². The first kappa shape index (κ1) is 15.6. The molecule has 3 rings (SSSR count). The molecule has 22 heavy (non-hydrogen) atoms. The average molecular weight is 325 g/mol. The summed E-state index contributed by atoms with van der Waals surface area (Å²) < 4.78 is 0. The lowest BCUT2D eigenvalue weighted by molar-refractivity contribution is -0.134. The summed E-state index contributed by atoms with van der Waals surface area (Å²) in [6, 6.07) is -0.325. The number of thioether (sulfide) groups is 1. The van der Waals surface area contributed by atoms with Crippen LogP contribution < -0.4 is 5.32 Å². The van der Waals surface area contributed by atoms with Crippen molar-refractivity contribution in [2.75, 3.05) is 31.1 Å². The first-order chi connectivity index (χ1) is 10.6. The molecule has 0 atom stereocenters. The van der Waals surface area contributed by atoms with Gasteiger partial charge in [-0.05, 0) is 12.8 Å². The smallest absolute Gasteiger partial charge is 0.325 e. The maximum Gasteiger partial charge on any atom is 0.325 e. The Morgan fingerprint density at radius 1 is 1.14 bits per heavy atom. The van der Waals surface area contributed by atoms with Crippen molar-refractivity contribution in [1.29, 1.82) is 0 Å². The van der Waals surface area contributed by atoms with Crippen LogP contribution in [0.3, 0.4) is 0 Å². The number of hydrogen-bond acceptors (Lipinski definition) is 4. The summed E-state index contributed by atoms with van der Waals surface area (Å²) in [5.41, 5.74) is -0.680. The second-order valence-electron chi connectivity index (χ2n) is 6.27. The summed E-state index contributed by atoms with van der Waals surface area (Å²) in [7, 11) is 0. The highest BCUT2D eigenvalue weighted by Gasteiger charge is 2.51. The van der Waals surface area contributed by atoms with Crippen LogP contribution in [0.25, 0.3) is 0 Å². The summed E-state index contributed by atoms with van der Waals surface area (Å²) in [6.45, 7) is 1.75. The van der Waals surface area contributed by atoms with Gasteiger partial charge in [-0.25, -0.2) is 4.79 Å². The van der Waals surface area contributed by atoms with Gasteiger partial charge in [0.05, 0.1) is 0 Å². The maximum atomic E-state index is 12.6. The Hall–Kier alpha value is -1.24. The summed E-state index contributed by atoms with van der Waals surface area (Å²) in [6.07, 6.45) is 4.77. The number of rotatable bonds is 3. The fraction of sp³-hybridized carbons (Fsp3) is 0.800. The molecule has 7 heteroatoms. The normalized spacial score (nSPS) is 24.7.